The summed E-state index contributed by atoms with van der Waals surface area (Å²) >= 11 is 0. The monoisotopic (exact) mass is 415 g/mol. The molecule has 0 unspecified atom stereocenters. The third-order valence-corrected chi connectivity index (χ3v) is 6.03. The number of likely N-dealkylation sites (tertiary alicyclic amines) is 1. The number of rotatable bonds is 3. The van der Waals surface area contributed by atoms with Crippen LogP contribution in [0.25, 0.3) is 11.0 Å². The first-order chi connectivity index (χ1) is 14.2. The van der Waals surface area contributed by atoms with Gasteiger partial charge in [-0.25, -0.2) is 4.98 Å². The molecule has 0 radical (unpaired) electrons. The highest BCUT2D eigenvalue weighted by Gasteiger charge is 2.32. The highest BCUT2D eigenvalue weighted by atomic mass is 19.4. The summed E-state index contributed by atoms with van der Waals surface area (Å²) in [5.74, 6) is 0.0632. The van der Waals surface area contributed by atoms with Gasteiger partial charge in [-0.15, -0.1) is 0 Å². The standard InChI is InChI=1S/C23H24F3N3O/c1-15-10-20-21(11-16(15)2)29(14-27-20)13-17-6-8-28(9-7-17)22(30)18-4-3-5-19(12-18)23(24,25)26/h3-5,10-12,14,17H,6-9,13H2,1-2H3. The Kier molecular flexibility index (Phi) is 5.30. The fraction of sp³-hybridized carbons (Fsp3) is 0.391. The number of aryl methyl sites for hydroxylation is 2. The lowest BCUT2D eigenvalue weighted by Gasteiger charge is -2.32. The minimum Gasteiger partial charge on any atom is -0.339 e. The van der Waals surface area contributed by atoms with E-state index in [9.17, 15) is 18.0 Å². The molecular weight excluding hydrogens is 391 g/mol. The summed E-state index contributed by atoms with van der Waals surface area (Å²) in [5, 5.41) is 0. The smallest absolute Gasteiger partial charge is 0.339 e. The maximum atomic E-state index is 12.9. The number of aromatic nitrogens is 2. The number of halogens is 3. The topological polar surface area (TPSA) is 38.1 Å². The number of benzene rings is 2. The Morgan fingerprint density at radius 3 is 2.50 bits per heavy atom. The van der Waals surface area contributed by atoms with Gasteiger partial charge >= 0.3 is 6.18 Å². The van der Waals surface area contributed by atoms with Gasteiger partial charge in [0.25, 0.3) is 5.91 Å². The van der Waals surface area contributed by atoms with Gasteiger partial charge in [0.05, 0.1) is 22.9 Å². The molecule has 0 saturated carbocycles. The molecule has 0 spiro atoms. The van der Waals surface area contributed by atoms with Gasteiger partial charge in [-0.1, -0.05) is 6.07 Å². The summed E-state index contributed by atoms with van der Waals surface area (Å²) in [6.07, 6.45) is -0.956. The van der Waals surface area contributed by atoms with Crippen LogP contribution < -0.4 is 0 Å². The lowest BCUT2D eigenvalue weighted by Crippen LogP contribution is -2.39. The minimum absolute atomic E-state index is 0.0923. The van der Waals surface area contributed by atoms with Crippen molar-refractivity contribution >= 4 is 16.9 Å². The summed E-state index contributed by atoms with van der Waals surface area (Å²) in [5.41, 5.74) is 3.84. The van der Waals surface area contributed by atoms with Gasteiger partial charge in [0, 0.05) is 25.2 Å². The molecule has 3 aromatic rings. The van der Waals surface area contributed by atoms with Crippen molar-refractivity contribution in [3.05, 3.63) is 65.0 Å². The van der Waals surface area contributed by atoms with Crippen LogP contribution in [0.2, 0.25) is 0 Å². The molecule has 158 valence electrons. The number of alkyl halides is 3. The third kappa shape index (κ3) is 4.06. The second-order valence-corrected chi connectivity index (χ2v) is 8.14. The molecule has 1 aliphatic rings. The van der Waals surface area contributed by atoms with Crippen molar-refractivity contribution in [2.45, 2.75) is 39.4 Å². The van der Waals surface area contributed by atoms with Crippen LogP contribution >= 0.6 is 0 Å². The van der Waals surface area contributed by atoms with E-state index in [1.807, 2.05) is 6.33 Å². The zero-order valence-electron chi connectivity index (χ0n) is 17.0. The molecule has 7 heteroatoms. The van der Waals surface area contributed by atoms with Crippen molar-refractivity contribution < 1.29 is 18.0 Å². The molecule has 30 heavy (non-hydrogen) atoms. The second-order valence-electron chi connectivity index (χ2n) is 8.14. The Bertz CT molecular complexity index is 1080. The Morgan fingerprint density at radius 2 is 1.80 bits per heavy atom. The Balaban J connectivity index is 1.41. The average molecular weight is 415 g/mol. The molecule has 1 saturated heterocycles. The summed E-state index contributed by atoms with van der Waals surface area (Å²) < 4.78 is 41.0. The van der Waals surface area contributed by atoms with Gasteiger partial charge in [0.1, 0.15) is 0 Å². The number of amides is 1. The predicted octanol–water partition coefficient (Wildman–Crippen LogP) is 5.22. The molecule has 0 atom stereocenters. The van der Waals surface area contributed by atoms with Gasteiger partial charge in [0.15, 0.2) is 0 Å². The van der Waals surface area contributed by atoms with Crippen molar-refractivity contribution in [2.75, 3.05) is 13.1 Å². The van der Waals surface area contributed by atoms with Crippen LogP contribution in [0.15, 0.2) is 42.7 Å². The zero-order valence-corrected chi connectivity index (χ0v) is 17.0. The van der Waals surface area contributed by atoms with Crippen LogP contribution in [-0.2, 0) is 12.7 Å². The summed E-state index contributed by atoms with van der Waals surface area (Å²) in [6.45, 7) is 6.08. The van der Waals surface area contributed by atoms with Gasteiger partial charge < -0.3 is 9.47 Å². The van der Waals surface area contributed by atoms with Gasteiger partial charge in [-0.05, 0) is 74.1 Å². The summed E-state index contributed by atoms with van der Waals surface area (Å²) in [7, 11) is 0. The van der Waals surface area contributed by atoms with Crippen LogP contribution in [0.3, 0.4) is 0 Å². The maximum Gasteiger partial charge on any atom is 0.416 e. The number of imidazole rings is 1. The van der Waals surface area contributed by atoms with E-state index in [4.69, 9.17) is 0 Å². The summed E-state index contributed by atoms with van der Waals surface area (Å²) in [4.78, 5) is 18.9. The lowest BCUT2D eigenvalue weighted by atomic mass is 9.96. The number of carbonyl (C=O) groups is 1. The van der Waals surface area contributed by atoms with E-state index in [2.05, 4.69) is 35.5 Å². The van der Waals surface area contributed by atoms with Crippen LogP contribution in [-0.4, -0.2) is 33.4 Å². The van der Waals surface area contributed by atoms with E-state index in [-0.39, 0.29) is 11.5 Å². The van der Waals surface area contributed by atoms with E-state index in [1.54, 1.807) is 4.90 Å². The number of nitrogens with zero attached hydrogens (tertiary/aromatic N) is 3. The number of carbonyl (C=O) groups excluding carboxylic acids is 1. The second kappa shape index (κ2) is 7.78. The molecule has 0 bridgehead atoms. The molecule has 2 aromatic carbocycles. The Hall–Kier alpha value is -2.83. The van der Waals surface area contributed by atoms with Crippen molar-refractivity contribution in [3.63, 3.8) is 0 Å². The van der Waals surface area contributed by atoms with Crippen LogP contribution in [0, 0.1) is 19.8 Å². The van der Waals surface area contributed by atoms with E-state index in [1.165, 1.54) is 23.3 Å². The van der Waals surface area contributed by atoms with Crippen LogP contribution in [0.4, 0.5) is 13.2 Å². The Morgan fingerprint density at radius 1 is 1.10 bits per heavy atom. The van der Waals surface area contributed by atoms with E-state index in [0.717, 1.165) is 42.6 Å². The van der Waals surface area contributed by atoms with Crippen LogP contribution in [0.1, 0.15) is 39.9 Å². The van der Waals surface area contributed by atoms with Gasteiger partial charge in [-0.2, -0.15) is 13.2 Å². The molecule has 1 fully saturated rings. The SMILES string of the molecule is Cc1cc2ncn(CC3CCN(C(=O)c4cccc(C(F)(F)F)c4)CC3)c2cc1C. The largest absolute Gasteiger partial charge is 0.416 e. The number of piperidine rings is 1. The Labute approximate surface area is 173 Å². The van der Waals surface area contributed by atoms with Crippen LogP contribution in [0.5, 0.6) is 0 Å². The fourth-order valence-corrected chi connectivity index (χ4v) is 4.07. The maximum absolute atomic E-state index is 12.9. The number of hydrogen-bond acceptors (Lipinski definition) is 2. The highest BCUT2D eigenvalue weighted by Crippen LogP contribution is 2.30. The number of fused-ring (bicyclic) bond motifs is 1. The fourth-order valence-electron chi connectivity index (χ4n) is 4.07. The molecule has 0 aliphatic carbocycles. The molecule has 4 nitrogen and oxygen atoms in total. The van der Waals surface area contributed by atoms with Crippen molar-refractivity contribution in [1.82, 2.24) is 14.5 Å². The molecule has 4 rings (SSSR count). The zero-order chi connectivity index (χ0) is 21.5. The van der Waals surface area contributed by atoms with Gasteiger partial charge in [-0.3, -0.25) is 4.79 Å². The quantitative estimate of drug-likeness (QED) is 0.588. The van der Waals surface area contributed by atoms with Gasteiger partial charge in [0.2, 0.25) is 0 Å². The first-order valence-corrected chi connectivity index (χ1v) is 10.1. The number of hydrogen-bond donors (Lipinski definition) is 0. The normalized spacial score (nSPS) is 15.7. The highest BCUT2D eigenvalue weighted by molar-refractivity contribution is 5.94. The molecule has 2 heterocycles. The van der Waals surface area contributed by atoms with E-state index in [0.29, 0.717) is 19.0 Å². The summed E-state index contributed by atoms with van der Waals surface area (Å²) in [6, 6.07) is 8.92. The van der Waals surface area contributed by atoms with Crippen molar-refractivity contribution in [3.8, 4) is 0 Å². The molecular formula is C23H24F3N3O. The lowest BCUT2D eigenvalue weighted by molar-refractivity contribution is -0.137. The minimum atomic E-state index is -4.45. The van der Waals surface area contributed by atoms with Crippen molar-refractivity contribution in [2.24, 2.45) is 5.92 Å². The molecule has 1 aliphatic heterocycles. The first-order valence-electron chi connectivity index (χ1n) is 10.1. The first kappa shape index (κ1) is 20.4. The average Bonchev–Trinajstić information content (AvgIpc) is 3.09. The molecule has 0 N–H and O–H groups in total. The predicted molar refractivity (Wildman–Crippen MR) is 109 cm³/mol. The molecule has 1 amide bonds. The van der Waals surface area contributed by atoms with E-state index >= 15 is 0 Å². The third-order valence-electron chi connectivity index (χ3n) is 6.03. The van der Waals surface area contributed by atoms with E-state index < -0.39 is 11.7 Å². The molecule has 1 aromatic heterocycles. The van der Waals surface area contributed by atoms with Crippen molar-refractivity contribution in [1.29, 1.82) is 0 Å².